The van der Waals surface area contributed by atoms with Crippen LogP contribution in [0.2, 0.25) is 0 Å². The molecule has 0 saturated carbocycles. The van der Waals surface area contributed by atoms with E-state index in [1.807, 2.05) is 13.8 Å². The van der Waals surface area contributed by atoms with E-state index in [0.717, 1.165) is 0 Å². The van der Waals surface area contributed by atoms with Crippen molar-refractivity contribution in [2.24, 2.45) is 28.1 Å². The lowest BCUT2D eigenvalue weighted by Crippen LogP contribution is -2.56. The first-order valence-corrected chi connectivity index (χ1v) is 9.16. The third-order valence-corrected chi connectivity index (χ3v) is 3.76. The normalized spacial score (nSPS) is 13.8. The average molecular weight is 399 g/mol. The van der Waals surface area contributed by atoms with Crippen LogP contribution in [0.5, 0.6) is 0 Å². The van der Waals surface area contributed by atoms with E-state index in [9.17, 15) is 19.2 Å². The summed E-state index contributed by atoms with van der Waals surface area (Å²) < 4.78 is 0. The van der Waals surface area contributed by atoms with Gasteiger partial charge in [-0.05, 0) is 32.1 Å². The molecule has 0 rings (SSSR count). The van der Waals surface area contributed by atoms with Crippen LogP contribution in [0.15, 0.2) is 4.99 Å². The quantitative estimate of drug-likeness (QED) is 0.125. The molecule has 0 heterocycles. The summed E-state index contributed by atoms with van der Waals surface area (Å²) in [5, 5.41) is 7.67. The second kappa shape index (κ2) is 12.5. The van der Waals surface area contributed by atoms with Crippen molar-refractivity contribution in [3.8, 4) is 0 Å². The first-order valence-electron chi connectivity index (χ1n) is 9.16. The topological polar surface area (TPSA) is 195 Å². The maximum absolute atomic E-state index is 12.6. The largest absolute Gasteiger partial charge is 0.370 e. The van der Waals surface area contributed by atoms with Gasteiger partial charge in [0.25, 0.3) is 0 Å². The van der Waals surface area contributed by atoms with E-state index < -0.39 is 35.8 Å². The molecule has 0 spiro atoms. The Labute approximate surface area is 165 Å². The van der Waals surface area contributed by atoms with Crippen LogP contribution in [0.3, 0.4) is 0 Å². The number of nitrogens with two attached hydrogens (primary N) is 3. The molecule has 0 unspecified atom stereocenters. The van der Waals surface area contributed by atoms with Crippen LogP contribution in [0.4, 0.5) is 0 Å². The highest BCUT2D eigenvalue weighted by Gasteiger charge is 2.27. The minimum absolute atomic E-state index is 0.0740. The van der Waals surface area contributed by atoms with Crippen molar-refractivity contribution in [1.29, 1.82) is 0 Å². The maximum Gasteiger partial charge on any atom is 0.243 e. The first kappa shape index (κ1) is 25.1. The molecule has 3 atom stereocenters. The van der Waals surface area contributed by atoms with E-state index in [0.29, 0.717) is 12.8 Å². The summed E-state index contributed by atoms with van der Waals surface area (Å²) in [6.45, 7) is 6.85. The molecule has 0 aromatic heterocycles. The van der Waals surface area contributed by atoms with Crippen LogP contribution in [0, 0.1) is 5.92 Å². The van der Waals surface area contributed by atoms with Gasteiger partial charge < -0.3 is 33.2 Å². The zero-order valence-corrected chi connectivity index (χ0v) is 17.0. The SMILES string of the molecule is CC(=O)N[C@@H](CC(C)C)C(=O)N[C@@H](CCCN=C(N)N)C(=O)N[C@@H](C)C(N)=O. The number of hydrogen-bond donors (Lipinski definition) is 6. The third kappa shape index (κ3) is 11.0. The zero-order valence-electron chi connectivity index (χ0n) is 17.0. The number of carbonyl (C=O) groups is 4. The molecule has 0 saturated heterocycles. The molecule has 0 aliphatic rings. The van der Waals surface area contributed by atoms with Gasteiger partial charge in [-0.25, -0.2) is 0 Å². The number of nitrogens with one attached hydrogen (secondary N) is 3. The Bertz CT molecular complexity index is 588. The molecular weight excluding hydrogens is 366 g/mol. The van der Waals surface area contributed by atoms with Crippen LogP contribution in [0.1, 0.15) is 47.0 Å². The van der Waals surface area contributed by atoms with Crippen LogP contribution in [-0.2, 0) is 19.2 Å². The summed E-state index contributed by atoms with van der Waals surface area (Å²) in [4.78, 5) is 51.5. The molecule has 0 bridgehead atoms. The van der Waals surface area contributed by atoms with Gasteiger partial charge in [0.15, 0.2) is 5.96 Å². The second-order valence-electron chi connectivity index (χ2n) is 7.03. The van der Waals surface area contributed by atoms with Crippen LogP contribution in [-0.4, -0.2) is 54.3 Å². The fraction of sp³-hybridized carbons (Fsp3) is 0.706. The van der Waals surface area contributed by atoms with Crippen molar-refractivity contribution in [2.45, 2.75) is 65.1 Å². The van der Waals surface area contributed by atoms with Gasteiger partial charge in [0.2, 0.25) is 23.6 Å². The van der Waals surface area contributed by atoms with E-state index in [1.54, 1.807) is 0 Å². The highest BCUT2D eigenvalue weighted by atomic mass is 16.2. The lowest BCUT2D eigenvalue weighted by Gasteiger charge is -2.24. The van der Waals surface area contributed by atoms with Crippen molar-refractivity contribution in [3.05, 3.63) is 0 Å². The van der Waals surface area contributed by atoms with Gasteiger partial charge in [0.05, 0.1) is 0 Å². The second-order valence-corrected chi connectivity index (χ2v) is 7.03. The van der Waals surface area contributed by atoms with Crippen LogP contribution >= 0.6 is 0 Å². The van der Waals surface area contributed by atoms with Gasteiger partial charge in [-0.3, -0.25) is 24.2 Å². The molecule has 4 amide bonds. The Kier molecular flexibility index (Phi) is 11.2. The van der Waals surface area contributed by atoms with E-state index in [4.69, 9.17) is 17.2 Å². The first-order chi connectivity index (χ1) is 12.9. The number of primary amides is 1. The molecule has 0 radical (unpaired) electrons. The molecule has 11 nitrogen and oxygen atoms in total. The molecule has 11 heteroatoms. The maximum atomic E-state index is 12.6. The molecule has 0 fully saturated rings. The summed E-state index contributed by atoms with van der Waals surface area (Å²) in [6.07, 6.45) is 1.05. The van der Waals surface area contributed by atoms with Crippen molar-refractivity contribution < 1.29 is 19.2 Å². The smallest absolute Gasteiger partial charge is 0.243 e. The highest BCUT2D eigenvalue weighted by Crippen LogP contribution is 2.07. The molecule has 9 N–H and O–H groups in total. The fourth-order valence-electron chi connectivity index (χ4n) is 2.38. The van der Waals surface area contributed by atoms with Gasteiger partial charge in [0.1, 0.15) is 18.1 Å². The minimum Gasteiger partial charge on any atom is -0.370 e. The van der Waals surface area contributed by atoms with Gasteiger partial charge in [0, 0.05) is 13.5 Å². The average Bonchev–Trinajstić information content (AvgIpc) is 2.55. The number of hydrogen-bond acceptors (Lipinski definition) is 5. The summed E-state index contributed by atoms with van der Waals surface area (Å²) in [5.74, 6) is -2.03. The lowest BCUT2D eigenvalue weighted by molar-refractivity contribution is -0.133. The van der Waals surface area contributed by atoms with E-state index in [2.05, 4.69) is 20.9 Å². The van der Waals surface area contributed by atoms with Crippen molar-refractivity contribution in [2.75, 3.05) is 6.54 Å². The minimum atomic E-state index is -0.938. The predicted octanol–water partition coefficient (Wildman–Crippen LogP) is -1.93. The van der Waals surface area contributed by atoms with Crippen molar-refractivity contribution >= 4 is 29.6 Å². The fourth-order valence-corrected chi connectivity index (χ4v) is 2.38. The number of amides is 4. The number of aliphatic imine (C=N–C) groups is 1. The van der Waals surface area contributed by atoms with Crippen molar-refractivity contribution in [1.82, 2.24) is 16.0 Å². The molecule has 0 aromatic carbocycles. The number of carbonyl (C=O) groups excluding carboxylic acids is 4. The Balaban J connectivity index is 5.20. The number of nitrogens with zero attached hydrogens (tertiary/aromatic N) is 1. The Hall–Kier alpha value is -2.85. The van der Waals surface area contributed by atoms with Gasteiger partial charge in [-0.2, -0.15) is 0 Å². The molecule has 0 aliphatic carbocycles. The third-order valence-electron chi connectivity index (χ3n) is 3.76. The summed E-state index contributed by atoms with van der Waals surface area (Å²) in [6, 6.07) is -2.61. The van der Waals surface area contributed by atoms with Crippen LogP contribution < -0.4 is 33.2 Å². The zero-order chi connectivity index (χ0) is 21.9. The predicted molar refractivity (Wildman–Crippen MR) is 106 cm³/mol. The van der Waals surface area contributed by atoms with Crippen molar-refractivity contribution in [3.63, 3.8) is 0 Å². The standard InChI is InChI=1S/C17H33N7O4/c1-9(2)8-13(23-11(4)25)16(28)24-12(6-5-7-21-17(19)20)15(27)22-10(3)14(18)26/h9-10,12-13H,5-8H2,1-4H3,(H2,18,26)(H,22,27)(H,23,25)(H,24,28)(H4,19,20,21)/t10-,12-,13-/m0/s1. The highest BCUT2D eigenvalue weighted by molar-refractivity contribution is 5.93. The Morgan fingerprint density at radius 3 is 1.93 bits per heavy atom. The van der Waals surface area contributed by atoms with Crippen LogP contribution in [0.25, 0.3) is 0 Å². The molecule has 0 aliphatic heterocycles. The summed E-state index contributed by atoms with van der Waals surface area (Å²) in [7, 11) is 0. The van der Waals surface area contributed by atoms with E-state index >= 15 is 0 Å². The van der Waals surface area contributed by atoms with E-state index in [1.165, 1.54) is 13.8 Å². The molecule has 28 heavy (non-hydrogen) atoms. The molecule has 160 valence electrons. The molecular formula is C17H33N7O4. The Morgan fingerprint density at radius 1 is 0.893 bits per heavy atom. The lowest BCUT2D eigenvalue weighted by atomic mass is 10.0. The monoisotopic (exact) mass is 399 g/mol. The van der Waals surface area contributed by atoms with E-state index in [-0.39, 0.29) is 30.8 Å². The molecule has 0 aromatic rings. The summed E-state index contributed by atoms with van der Waals surface area (Å²) >= 11 is 0. The summed E-state index contributed by atoms with van der Waals surface area (Å²) in [5.41, 5.74) is 15.7. The van der Waals surface area contributed by atoms with Gasteiger partial charge in [-0.1, -0.05) is 13.8 Å². The Morgan fingerprint density at radius 2 is 1.46 bits per heavy atom. The van der Waals surface area contributed by atoms with Gasteiger partial charge >= 0.3 is 0 Å². The van der Waals surface area contributed by atoms with Gasteiger partial charge in [-0.15, -0.1) is 0 Å². The number of rotatable bonds is 12. The number of guanidine groups is 1.